The first-order valence-corrected chi connectivity index (χ1v) is 6.64. The highest BCUT2D eigenvalue weighted by atomic mass is 16.3. The minimum atomic E-state index is 0.295. The molecular formula is C15H19NO. The standard InChI is InChI=1S/C15H19NO/c1-15-7-9-5-12(14(8-15)16(9)2)11-4-3-10(17)6-13(11)15/h3-4,6,9,12,14,17H,5,7-8H2,1-2H3/t9-,12+,14+,15-/m0/s1. The molecule has 4 atom stereocenters. The zero-order valence-corrected chi connectivity index (χ0v) is 10.5. The van der Waals surface area contributed by atoms with Gasteiger partial charge in [-0.2, -0.15) is 0 Å². The molecule has 0 saturated carbocycles. The molecule has 2 heterocycles. The Morgan fingerprint density at radius 2 is 2.18 bits per heavy atom. The minimum Gasteiger partial charge on any atom is -0.508 e. The van der Waals surface area contributed by atoms with Crippen LogP contribution >= 0.6 is 0 Å². The molecular weight excluding hydrogens is 210 g/mol. The first kappa shape index (κ1) is 9.95. The van der Waals surface area contributed by atoms with Crippen molar-refractivity contribution in [3.8, 4) is 5.75 Å². The molecule has 0 radical (unpaired) electrons. The lowest BCUT2D eigenvalue weighted by atomic mass is 9.65. The van der Waals surface area contributed by atoms with Crippen LogP contribution in [0.25, 0.3) is 0 Å². The Bertz CT molecular complexity index is 494. The second-order valence-corrected chi connectivity index (χ2v) is 6.47. The van der Waals surface area contributed by atoms with Gasteiger partial charge in [-0.1, -0.05) is 13.0 Å². The maximum absolute atomic E-state index is 9.74. The molecule has 1 aliphatic carbocycles. The van der Waals surface area contributed by atoms with Crippen molar-refractivity contribution in [2.75, 3.05) is 7.05 Å². The van der Waals surface area contributed by atoms with Gasteiger partial charge in [0, 0.05) is 18.0 Å². The van der Waals surface area contributed by atoms with Crippen LogP contribution in [0.5, 0.6) is 5.75 Å². The zero-order chi connectivity index (χ0) is 11.8. The Morgan fingerprint density at radius 3 is 3.00 bits per heavy atom. The summed E-state index contributed by atoms with van der Waals surface area (Å²) in [6.45, 7) is 2.39. The summed E-state index contributed by atoms with van der Waals surface area (Å²) >= 11 is 0. The number of aromatic hydroxyl groups is 1. The first-order valence-electron chi connectivity index (χ1n) is 6.64. The Balaban J connectivity index is 1.96. The van der Waals surface area contributed by atoms with Gasteiger partial charge >= 0.3 is 0 Å². The molecule has 3 aliphatic rings. The normalized spacial score (nSPS) is 42.8. The molecule has 1 N–H and O–H groups in total. The quantitative estimate of drug-likeness (QED) is 0.739. The van der Waals surface area contributed by atoms with Crippen LogP contribution in [0, 0.1) is 0 Å². The second-order valence-electron chi connectivity index (χ2n) is 6.47. The van der Waals surface area contributed by atoms with Gasteiger partial charge in [0.1, 0.15) is 5.75 Å². The van der Waals surface area contributed by atoms with Crippen LogP contribution in [0.1, 0.15) is 43.2 Å². The van der Waals surface area contributed by atoms with E-state index in [9.17, 15) is 5.11 Å². The SMILES string of the molecule is CN1[C@H]2C[C@@H]3c4ccc(O)cc4[C@@](C)(C2)C[C@H]31. The molecule has 0 spiro atoms. The molecule has 4 rings (SSSR count). The predicted octanol–water partition coefficient (Wildman–Crippen LogP) is 2.61. The van der Waals surface area contributed by atoms with E-state index in [1.165, 1.54) is 30.4 Å². The number of piperidine rings is 1. The largest absolute Gasteiger partial charge is 0.508 e. The number of fused-ring (bicyclic) bond motifs is 5. The van der Waals surface area contributed by atoms with E-state index in [2.05, 4.69) is 24.9 Å². The van der Waals surface area contributed by atoms with Crippen molar-refractivity contribution < 1.29 is 5.11 Å². The highest BCUT2D eigenvalue weighted by Crippen LogP contribution is 2.58. The van der Waals surface area contributed by atoms with E-state index >= 15 is 0 Å². The summed E-state index contributed by atoms with van der Waals surface area (Å²) in [7, 11) is 2.29. The molecule has 2 fully saturated rings. The molecule has 1 aromatic carbocycles. The molecule has 90 valence electrons. The fourth-order valence-electron chi connectivity index (χ4n) is 4.69. The van der Waals surface area contributed by atoms with Gasteiger partial charge in [0.15, 0.2) is 0 Å². The van der Waals surface area contributed by atoms with E-state index in [-0.39, 0.29) is 0 Å². The van der Waals surface area contributed by atoms with Gasteiger partial charge in [0.25, 0.3) is 0 Å². The Morgan fingerprint density at radius 1 is 1.35 bits per heavy atom. The summed E-state index contributed by atoms with van der Waals surface area (Å²) < 4.78 is 0. The topological polar surface area (TPSA) is 23.5 Å². The first-order chi connectivity index (χ1) is 8.08. The van der Waals surface area contributed by atoms with E-state index in [1.54, 1.807) is 0 Å². The molecule has 2 aliphatic heterocycles. The molecule has 3 bridgehead atoms. The Hall–Kier alpha value is -1.02. The number of phenolic OH excluding ortho intramolecular Hbond substituents is 1. The number of nitrogens with zero attached hydrogens (tertiary/aromatic N) is 1. The summed E-state index contributed by atoms with van der Waals surface area (Å²) in [4.78, 5) is 2.60. The average Bonchev–Trinajstić information content (AvgIpc) is 2.48. The fraction of sp³-hybridized carbons (Fsp3) is 0.600. The van der Waals surface area contributed by atoms with Crippen LogP contribution in [-0.2, 0) is 5.41 Å². The van der Waals surface area contributed by atoms with E-state index < -0.39 is 0 Å². The second kappa shape index (κ2) is 2.86. The Labute approximate surface area is 102 Å². The van der Waals surface area contributed by atoms with Gasteiger partial charge < -0.3 is 5.11 Å². The van der Waals surface area contributed by atoms with Crippen LogP contribution in [0.3, 0.4) is 0 Å². The fourth-order valence-corrected chi connectivity index (χ4v) is 4.69. The van der Waals surface area contributed by atoms with Gasteiger partial charge in [0.05, 0.1) is 0 Å². The monoisotopic (exact) mass is 229 g/mol. The number of benzene rings is 1. The molecule has 2 nitrogen and oxygen atoms in total. The summed E-state index contributed by atoms with van der Waals surface area (Å²) in [6.07, 6.45) is 3.84. The van der Waals surface area contributed by atoms with Crippen molar-refractivity contribution in [1.29, 1.82) is 0 Å². The van der Waals surface area contributed by atoms with Crippen LogP contribution in [0.4, 0.5) is 0 Å². The molecule has 2 saturated heterocycles. The smallest absolute Gasteiger partial charge is 0.115 e. The van der Waals surface area contributed by atoms with Gasteiger partial charge in [-0.05, 0) is 55.0 Å². The highest BCUT2D eigenvalue weighted by Gasteiger charge is 2.55. The molecule has 17 heavy (non-hydrogen) atoms. The lowest BCUT2D eigenvalue weighted by molar-refractivity contribution is 0.106. The molecule has 2 heteroatoms. The lowest BCUT2D eigenvalue weighted by Gasteiger charge is -2.48. The van der Waals surface area contributed by atoms with Crippen LogP contribution < -0.4 is 0 Å². The molecule has 0 amide bonds. The zero-order valence-electron chi connectivity index (χ0n) is 10.5. The van der Waals surface area contributed by atoms with E-state index in [0.29, 0.717) is 17.1 Å². The summed E-state index contributed by atoms with van der Waals surface area (Å²) in [5, 5.41) is 9.74. The molecule has 0 aromatic heterocycles. The van der Waals surface area contributed by atoms with Gasteiger partial charge in [-0.15, -0.1) is 0 Å². The number of rotatable bonds is 0. The van der Waals surface area contributed by atoms with Crippen molar-refractivity contribution in [2.24, 2.45) is 0 Å². The van der Waals surface area contributed by atoms with Crippen molar-refractivity contribution >= 4 is 0 Å². The van der Waals surface area contributed by atoms with E-state index in [1.807, 2.05) is 12.1 Å². The van der Waals surface area contributed by atoms with Crippen LogP contribution in [0.15, 0.2) is 18.2 Å². The highest BCUT2D eigenvalue weighted by molar-refractivity contribution is 5.47. The predicted molar refractivity (Wildman–Crippen MR) is 67.4 cm³/mol. The van der Waals surface area contributed by atoms with Crippen LogP contribution in [-0.4, -0.2) is 29.1 Å². The number of phenols is 1. The lowest BCUT2D eigenvalue weighted by Crippen LogP contribution is -2.49. The van der Waals surface area contributed by atoms with Crippen molar-refractivity contribution in [3.63, 3.8) is 0 Å². The average molecular weight is 229 g/mol. The van der Waals surface area contributed by atoms with Crippen molar-refractivity contribution in [1.82, 2.24) is 4.90 Å². The van der Waals surface area contributed by atoms with Crippen molar-refractivity contribution in [2.45, 2.75) is 49.6 Å². The third-order valence-corrected chi connectivity index (χ3v) is 5.52. The van der Waals surface area contributed by atoms with E-state index in [4.69, 9.17) is 0 Å². The van der Waals surface area contributed by atoms with Gasteiger partial charge in [-0.25, -0.2) is 0 Å². The number of hydrogen-bond acceptors (Lipinski definition) is 2. The minimum absolute atomic E-state index is 0.295. The third-order valence-electron chi connectivity index (χ3n) is 5.52. The number of likely N-dealkylation sites (N-methyl/N-ethyl adjacent to an activating group) is 1. The van der Waals surface area contributed by atoms with Crippen molar-refractivity contribution in [3.05, 3.63) is 29.3 Å². The van der Waals surface area contributed by atoms with Gasteiger partial charge in [0.2, 0.25) is 0 Å². The summed E-state index contributed by atoms with van der Waals surface area (Å²) in [5.74, 6) is 1.13. The molecule has 0 unspecified atom stereocenters. The maximum Gasteiger partial charge on any atom is 0.115 e. The van der Waals surface area contributed by atoms with E-state index in [0.717, 1.165) is 12.1 Å². The maximum atomic E-state index is 9.74. The van der Waals surface area contributed by atoms with Gasteiger partial charge in [-0.3, -0.25) is 4.90 Å². The third kappa shape index (κ3) is 1.10. The molecule has 1 aromatic rings. The summed E-state index contributed by atoms with van der Waals surface area (Å²) in [5.41, 5.74) is 3.23. The Kier molecular flexibility index (Phi) is 1.68. The number of hydrogen-bond donors (Lipinski definition) is 1. The van der Waals surface area contributed by atoms with Crippen LogP contribution in [0.2, 0.25) is 0 Å². The summed E-state index contributed by atoms with van der Waals surface area (Å²) in [6, 6.07) is 7.53.